The third-order valence-corrected chi connectivity index (χ3v) is 2.62. The molecule has 0 saturated heterocycles. The van der Waals surface area contributed by atoms with Crippen molar-refractivity contribution in [2.45, 2.75) is 6.92 Å². The number of aromatic nitrogens is 2. The fourth-order valence-corrected chi connectivity index (χ4v) is 1.79. The summed E-state index contributed by atoms with van der Waals surface area (Å²) in [6.45, 7) is 1.47. The maximum atomic E-state index is 10.9. The molecule has 1 N–H and O–H groups in total. The Morgan fingerprint density at radius 3 is 2.93 bits per heavy atom. The maximum Gasteiger partial charge on any atom is 0.223 e. The van der Waals surface area contributed by atoms with E-state index in [1.165, 1.54) is 6.92 Å². The zero-order valence-electron chi connectivity index (χ0n) is 8.41. The molecule has 2 aromatic rings. The summed E-state index contributed by atoms with van der Waals surface area (Å²) >= 11 is 3.38. The Hall–Kier alpha value is -1.36. The lowest BCUT2D eigenvalue weighted by Gasteiger charge is -2.00. The summed E-state index contributed by atoms with van der Waals surface area (Å²) in [7, 11) is 1.87. The Bertz CT molecular complexity index is 533. The zero-order chi connectivity index (χ0) is 11.0. The number of rotatable bonds is 1. The van der Waals surface area contributed by atoms with Gasteiger partial charge in [-0.2, -0.15) is 0 Å². The predicted octanol–water partition coefficient (Wildman–Crippen LogP) is 2.29. The van der Waals surface area contributed by atoms with Crippen molar-refractivity contribution in [2.24, 2.45) is 7.05 Å². The molecular weight excluding hydrogens is 258 g/mol. The summed E-state index contributed by atoms with van der Waals surface area (Å²) in [4.78, 5) is 15.2. The van der Waals surface area contributed by atoms with Crippen LogP contribution >= 0.6 is 15.9 Å². The van der Waals surface area contributed by atoms with Gasteiger partial charge in [-0.25, -0.2) is 4.98 Å². The van der Waals surface area contributed by atoms with Crippen LogP contribution in [-0.4, -0.2) is 15.5 Å². The van der Waals surface area contributed by atoms with Crippen LogP contribution in [0.1, 0.15) is 6.92 Å². The molecule has 15 heavy (non-hydrogen) atoms. The van der Waals surface area contributed by atoms with Crippen molar-refractivity contribution in [3.05, 3.63) is 22.7 Å². The van der Waals surface area contributed by atoms with Crippen molar-refractivity contribution in [1.82, 2.24) is 9.55 Å². The highest BCUT2D eigenvalue weighted by molar-refractivity contribution is 9.10. The van der Waals surface area contributed by atoms with Gasteiger partial charge in [0.2, 0.25) is 11.9 Å². The first-order valence-electron chi connectivity index (χ1n) is 4.47. The number of aryl methyl sites for hydroxylation is 1. The molecule has 4 nitrogen and oxygen atoms in total. The van der Waals surface area contributed by atoms with Crippen LogP contribution in [0.5, 0.6) is 0 Å². The SMILES string of the molecule is CC(=O)Nc1nc2cc(Br)ccc2n1C. The normalized spacial score (nSPS) is 10.6. The van der Waals surface area contributed by atoms with Crippen LogP contribution in [0.4, 0.5) is 5.95 Å². The van der Waals surface area contributed by atoms with Gasteiger partial charge in [0.25, 0.3) is 0 Å². The minimum atomic E-state index is -0.118. The second-order valence-electron chi connectivity index (χ2n) is 3.31. The number of nitrogens with one attached hydrogen (secondary N) is 1. The maximum absolute atomic E-state index is 10.9. The van der Waals surface area contributed by atoms with Gasteiger partial charge in [0.15, 0.2) is 0 Å². The Kier molecular flexibility index (Phi) is 2.48. The molecule has 0 fully saturated rings. The number of nitrogens with zero attached hydrogens (tertiary/aromatic N) is 2. The smallest absolute Gasteiger partial charge is 0.223 e. The number of hydrogen-bond donors (Lipinski definition) is 1. The highest BCUT2D eigenvalue weighted by Gasteiger charge is 2.08. The van der Waals surface area contributed by atoms with E-state index in [9.17, 15) is 4.79 Å². The van der Waals surface area contributed by atoms with Gasteiger partial charge >= 0.3 is 0 Å². The molecule has 0 saturated carbocycles. The number of halogens is 1. The quantitative estimate of drug-likeness (QED) is 0.862. The van der Waals surface area contributed by atoms with Crippen molar-refractivity contribution in [1.29, 1.82) is 0 Å². The number of benzene rings is 1. The molecule has 1 aromatic carbocycles. The molecule has 0 aliphatic heterocycles. The summed E-state index contributed by atoms with van der Waals surface area (Å²) in [5, 5.41) is 2.68. The molecule has 1 aromatic heterocycles. The van der Waals surface area contributed by atoms with Crippen LogP contribution in [0.3, 0.4) is 0 Å². The summed E-state index contributed by atoms with van der Waals surface area (Å²) in [5.41, 5.74) is 1.84. The standard InChI is InChI=1S/C10H10BrN3O/c1-6(15)12-10-13-8-5-7(11)3-4-9(8)14(10)2/h3-5H,1-2H3,(H,12,13,15). The number of anilines is 1. The lowest BCUT2D eigenvalue weighted by atomic mass is 10.3. The van der Waals surface area contributed by atoms with E-state index >= 15 is 0 Å². The predicted molar refractivity (Wildman–Crippen MR) is 62.7 cm³/mol. The van der Waals surface area contributed by atoms with E-state index in [4.69, 9.17) is 0 Å². The molecule has 5 heteroatoms. The molecule has 0 radical (unpaired) electrons. The average molecular weight is 268 g/mol. The van der Waals surface area contributed by atoms with Crippen LogP contribution in [0.2, 0.25) is 0 Å². The molecule has 2 rings (SSSR count). The zero-order valence-corrected chi connectivity index (χ0v) is 10.00. The lowest BCUT2D eigenvalue weighted by molar-refractivity contribution is -0.114. The van der Waals surface area contributed by atoms with Gasteiger partial charge in [0, 0.05) is 18.4 Å². The third kappa shape index (κ3) is 1.87. The van der Waals surface area contributed by atoms with Gasteiger partial charge in [0.05, 0.1) is 11.0 Å². The van der Waals surface area contributed by atoms with E-state index in [1.54, 1.807) is 0 Å². The highest BCUT2D eigenvalue weighted by Crippen LogP contribution is 2.21. The third-order valence-electron chi connectivity index (χ3n) is 2.13. The molecule has 0 unspecified atom stereocenters. The number of amides is 1. The fourth-order valence-electron chi connectivity index (χ4n) is 1.44. The van der Waals surface area contributed by atoms with Crippen molar-refractivity contribution in [2.75, 3.05) is 5.32 Å². The van der Waals surface area contributed by atoms with Gasteiger partial charge in [-0.3, -0.25) is 10.1 Å². The topological polar surface area (TPSA) is 46.9 Å². The van der Waals surface area contributed by atoms with Gasteiger partial charge in [-0.15, -0.1) is 0 Å². The first kappa shape index (κ1) is 10.2. The first-order valence-corrected chi connectivity index (χ1v) is 5.27. The lowest BCUT2D eigenvalue weighted by Crippen LogP contribution is -2.10. The Morgan fingerprint density at radius 2 is 2.27 bits per heavy atom. The Labute approximate surface area is 95.4 Å². The second-order valence-corrected chi connectivity index (χ2v) is 4.22. The molecular formula is C10H10BrN3O. The minimum absolute atomic E-state index is 0.118. The molecule has 1 heterocycles. The summed E-state index contributed by atoms with van der Waals surface area (Å²) in [5.74, 6) is 0.447. The number of carbonyl (C=O) groups excluding carboxylic acids is 1. The van der Waals surface area contributed by atoms with Crippen molar-refractivity contribution in [3.8, 4) is 0 Å². The van der Waals surface area contributed by atoms with Crippen molar-refractivity contribution < 1.29 is 4.79 Å². The van der Waals surface area contributed by atoms with Crippen molar-refractivity contribution >= 4 is 38.8 Å². The number of imidazole rings is 1. The van der Waals surface area contributed by atoms with Crippen molar-refractivity contribution in [3.63, 3.8) is 0 Å². The Morgan fingerprint density at radius 1 is 1.53 bits per heavy atom. The highest BCUT2D eigenvalue weighted by atomic mass is 79.9. The van der Waals surface area contributed by atoms with Gasteiger partial charge in [-0.1, -0.05) is 15.9 Å². The molecule has 0 bridgehead atoms. The van der Waals surface area contributed by atoms with E-state index in [1.807, 2.05) is 29.8 Å². The van der Waals surface area contributed by atoms with Crippen LogP contribution in [0.25, 0.3) is 11.0 Å². The number of carbonyl (C=O) groups is 1. The Balaban J connectivity index is 2.58. The largest absolute Gasteiger partial charge is 0.313 e. The van der Waals surface area contributed by atoms with Crippen LogP contribution in [0.15, 0.2) is 22.7 Å². The van der Waals surface area contributed by atoms with E-state index in [0.717, 1.165) is 15.5 Å². The molecule has 0 spiro atoms. The minimum Gasteiger partial charge on any atom is -0.313 e. The summed E-state index contributed by atoms with van der Waals surface area (Å²) in [6.07, 6.45) is 0. The van der Waals surface area contributed by atoms with Gasteiger partial charge in [-0.05, 0) is 18.2 Å². The molecule has 1 amide bonds. The molecule has 0 aliphatic carbocycles. The summed E-state index contributed by atoms with van der Waals surface area (Å²) in [6, 6.07) is 5.82. The fraction of sp³-hybridized carbons (Fsp3) is 0.200. The number of fused-ring (bicyclic) bond motifs is 1. The second kappa shape index (κ2) is 3.66. The van der Waals surface area contributed by atoms with E-state index in [2.05, 4.69) is 26.2 Å². The van der Waals surface area contributed by atoms with Crippen LogP contribution in [0, 0.1) is 0 Å². The summed E-state index contributed by atoms with van der Waals surface area (Å²) < 4.78 is 2.82. The molecule has 0 aliphatic rings. The van der Waals surface area contributed by atoms with Crippen LogP contribution < -0.4 is 5.32 Å². The van der Waals surface area contributed by atoms with E-state index in [0.29, 0.717) is 5.95 Å². The number of hydrogen-bond acceptors (Lipinski definition) is 2. The monoisotopic (exact) mass is 267 g/mol. The first-order chi connectivity index (χ1) is 7.08. The van der Waals surface area contributed by atoms with Gasteiger partial charge < -0.3 is 4.57 Å². The average Bonchev–Trinajstić information content (AvgIpc) is 2.42. The molecule has 78 valence electrons. The van der Waals surface area contributed by atoms with Gasteiger partial charge in [0.1, 0.15) is 0 Å². The van der Waals surface area contributed by atoms with E-state index in [-0.39, 0.29) is 5.91 Å². The van der Waals surface area contributed by atoms with E-state index < -0.39 is 0 Å². The molecule has 0 atom stereocenters. The van der Waals surface area contributed by atoms with Crippen LogP contribution in [-0.2, 0) is 11.8 Å².